The minimum atomic E-state index is -3.80. The van der Waals surface area contributed by atoms with Crippen molar-refractivity contribution in [2.24, 2.45) is 7.05 Å². The van der Waals surface area contributed by atoms with E-state index >= 15 is 0 Å². The molecule has 7 nitrogen and oxygen atoms in total. The van der Waals surface area contributed by atoms with Crippen LogP contribution < -0.4 is 10.5 Å². The Hall–Kier alpha value is -2.53. The van der Waals surface area contributed by atoms with Crippen LogP contribution in [-0.4, -0.2) is 18.0 Å². The van der Waals surface area contributed by atoms with Crippen molar-refractivity contribution in [2.45, 2.75) is 11.9 Å². The number of nitriles is 1. The molecule has 0 saturated heterocycles. The molecular weight excluding hydrogens is 278 g/mol. The van der Waals surface area contributed by atoms with Gasteiger partial charge in [0.25, 0.3) is 10.0 Å². The number of imidazole rings is 1. The molecule has 1 aromatic heterocycles. The van der Waals surface area contributed by atoms with Gasteiger partial charge in [0.2, 0.25) is 0 Å². The number of benzene rings is 1. The number of nitrogen functional groups attached to an aromatic ring is 1. The second-order valence-corrected chi connectivity index (χ2v) is 5.89. The Morgan fingerprint density at radius 2 is 2.15 bits per heavy atom. The molecule has 2 aromatic rings. The van der Waals surface area contributed by atoms with Crippen LogP contribution in [0.5, 0.6) is 0 Å². The summed E-state index contributed by atoms with van der Waals surface area (Å²) in [5.41, 5.74) is 6.47. The molecule has 0 aliphatic heterocycles. The van der Waals surface area contributed by atoms with Gasteiger partial charge in [0, 0.05) is 13.2 Å². The number of anilines is 2. The highest BCUT2D eigenvalue weighted by atomic mass is 32.2. The smallest absolute Gasteiger partial charge is 0.281 e. The third kappa shape index (κ3) is 2.57. The number of nitrogens with two attached hydrogens (primary N) is 1. The molecule has 0 radical (unpaired) electrons. The molecule has 0 saturated carbocycles. The molecule has 0 atom stereocenters. The van der Waals surface area contributed by atoms with Gasteiger partial charge >= 0.3 is 0 Å². The summed E-state index contributed by atoms with van der Waals surface area (Å²) in [6, 6.07) is 6.26. The van der Waals surface area contributed by atoms with E-state index < -0.39 is 10.0 Å². The van der Waals surface area contributed by atoms with Gasteiger partial charge < -0.3 is 10.3 Å². The topological polar surface area (TPSA) is 114 Å². The average Bonchev–Trinajstić information content (AvgIpc) is 2.73. The summed E-state index contributed by atoms with van der Waals surface area (Å²) < 4.78 is 28.3. The summed E-state index contributed by atoms with van der Waals surface area (Å²) in [7, 11) is -2.10. The van der Waals surface area contributed by atoms with Gasteiger partial charge in [-0.25, -0.2) is 4.98 Å². The van der Waals surface area contributed by atoms with E-state index in [9.17, 15) is 8.42 Å². The first-order valence-electron chi connectivity index (χ1n) is 5.66. The SMILES string of the molecule is Cc1nc(S(=O)(=O)Nc2ccc(C#N)cc2N)cn1C. The minimum Gasteiger partial charge on any atom is -0.397 e. The van der Waals surface area contributed by atoms with Gasteiger partial charge in [-0.2, -0.15) is 13.7 Å². The monoisotopic (exact) mass is 291 g/mol. The maximum Gasteiger partial charge on any atom is 0.281 e. The van der Waals surface area contributed by atoms with Crippen LogP contribution in [0.25, 0.3) is 0 Å². The molecule has 2 rings (SSSR count). The molecule has 0 spiro atoms. The number of sulfonamides is 1. The van der Waals surface area contributed by atoms with E-state index in [0.29, 0.717) is 11.4 Å². The molecule has 0 unspecified atom stereocenters. The first-order valence-corrected chi connectivity index (χ1v) is 7.14. The van der Waals surface area contributed by atoms with Crippen LogP contribution in [-0.2, 0) is 17.1 Å². The number of aryl methyl sites for hydroxylation is 2. The van der Waals surface area contributed by atoms with Gasteiger partial charge in [-0.05, 0) is 25.1 Å². The van der Waals surface area contributed by atoms with Crippen LogP contribution in [0.1, 0.15) is 11.4 Å². The van der Waals surface area contributed by atoms with Crippen molar-refractivity contribution in [3.8, 4) is 6.07 Å². The third-order valence-corrected chi connectivity index (χ3v) is 4.02. The van der Waals surface area contributed by atoms with Crippen molar-refractivity contribution < 1.29 is 8.42 Å². The summed E-state index contributed by atoms with van der Waals surface area (Å²) in [4.78, 5) is 3.96. The van der Waals surface area contributed by atoms with E-state index in [2.05, 4.69) is 9.71 Å². The quantitative estimate of drug-likeness (QED) is 0.818. The van der Waals surface area contributed by atoms with Crippen LogP contribution in [0.3, 0.4) is 0 Å². The fraction of sp³-hybridized carbons (Fsp3) is 0.167. The number of aromatic nitrogens is 2. The predicted molar refractivity (Wildman–Crippen MR) is 74.3 cm³/mol. The molecule has 104 valence electrons. The van der Waals surface area contributed by atoms with Gasteiger partial charge in [-0.15, -0.1) is 0 Å². The summed E-state index contributed by atoms with van der Waals surface area (Å²) in [6.07, 6.45) is 1.41. The molecule has 0 amide bonds. The Bertz CT molecular complexity index is 782. The largest absolute Gasteiger partial charge is 0.397 e. The Kier molecular flexibility index (Phi) is 3.38. The average molecular weight is 291 g/mol. The van der Waals surface area contributed by atoms with E-state index in [0.717, 1.165) is 0 Å². The maximum absolute atomic E-state index is 12.2. The van der Waals surface area contributed by atoms with E-state index in [1.807, 2.05) is 6.07 Å². The summed E-state index contributed by atoms with van der Waals surface area (Å²) in [5, 5.41) is 8.66. The van der Waals surface area contributed by atoms with E-state index in [1.165, 1.54) is 24.4 Å². The number of rotatable bonds is 3. The summed E-state index contributed by atoms with van der Waals surface area (Å²) in [5.74, 6) is 0.582. The van der Waals surface area contributed by atoms with Gasteiger partial charge in [-0.1, -0.05) is 0 Å². The van der Waals surface area contributed by atoms with Crippen LogP contribution >= 0.6 is 0 Å². The predicted octanol–water partition coefficient (Wildman–Crippen LogP) is 0.983. The second-order valence-electron chi connectivity index (χ2n) is 4.26. The van der Waals surface area contributed by atoms with E-state index in [-0.39, 0.29) is 16.4 Å². The lowest BCUT2D eigenvalue weighted by Crippen LogP contribution is -2.14. The molecule has 8 heteroatoms. The zero-order chi connectivity index (χ0) is 14.9. The van der Waals surface area contributed by atoms with Gasteiger partial charge in [0.05, 0.1) is 23.0 Å². The minimum absolute atomic E-state index is 0.0822. The van der Waals surface area contributed by atoms with Crippen LogP contribution in [0.15, 0.2) is 29.4 Å². The number of hydrogen-bond acceptors (Lipinski definition) is 5. The van der Waals surface area contributed by atoms with Crippen molar-refractivity contribution in [3.05, 3.63) is 35.8 Å². The zero-order valence-corrected chi connectivity index (χ0v) is 11.8. The lowest BCUT2D eigenvalue weighted by Gasteiger charge is -2.08. The van der Waals surface area contributed by atoms with Crippen molar-refractivity contribution in [3.63, 3.8) is 0 Å². The third-order valence-electron chi connectivity index (χ3n) is 2.79. The van der Waals surface area contributed by atoms with E-state index in [4.69, 9.17) is 11.0 Å². The van der Waals surface area contributed by atoms with Crippen LogP contribution in [0.2, 0.25) is 0 Å². The summed E-state index contributed by atoms with van der Waals surface area (Å²) in [6.45, 7) is 1.70. The normalized spacial score (nSPS) is 11.1. The van der Waals surface area contributed by atoms with Crippen molar-refractivity contribution in [1.29, 1.82) is 5.26 Å². The summed E-state index contributed by atoms with van der Waals surface area (Å²) >= 11 is 0. The standard InChI is InChI=1S/C12H13N5O2S/c1-8-15-12(7-17(8)2)20(18,19)16-11-4-3-9(6-13)5-10(11)14/h3-5,7,16H,14H2,1-2H3. The molecule has 1 heterocycles. The van der Waals surface area contributed by atoms with Gasteiger partial charge in [0.15, 0.2) is 5.03 Å². The highest BCUT2D eigenvalue weighted by molar-refractivity contribution is 7.92. The van der Waals surface area contributed by atoms with Crippen molar-refractivity contribution >= 4 is 21.4 Å². The first kappa shape index (κ1) is 13.9. The Morgan fingerprint density at radius 3 is 2.65 bits per heavy atom. The van der Waals surface area contributed by atoms with E-state index in [1.54, 1.807) is 18.5 Å². The molecule has 0 bridgehead atoms. The van der Waals surface area contributed by atoms with Crippen molar-refractivity contribution in [2.75, 3.05) is 10.5 Å². The van der Waals surface area contributed by atoms with Crippen LogP contribution in [0.4, 0.5) is 11.4 Å². The van der Waals surface area contributed by atoms with Crippen LogP contribution in [0, 0.1) is 18.3 Å². The highest BCUT2D eigenvalue weighted by Gasteiger charge is 2.19. The Labute approximate surface area is 116 Å². The van der Waals surface area contributed by atoms with Gasteiger partial charge in [-0.3, -0.25) is 4.72 Å². The number of nitrogens with one attached hydrogen (secondary N) is 1. The molecule has 20 heavy (non-hydrogen) atoms. The molecule has 0 aliphatic rings. The second kappa shape index (κ2) is 4.86. The highest BCUT2D eigenvalue weighted by Crippen LogP contribution is 2.22. The van der Waals surface area contributed by atoms with Gasteiger partial charge in [0.1, 0.15) is 5.82 Å². The lowest BCUT2D eigenvalue weighted by atomic mass is 10.2. The fourth-order valence-corrected chi connectivity index (χ4v) is 2.71. The fourth-order valence-electron chi connectivity index (χ4n) is 1.58. The van der Waals surface area contributed by atoms with Crippen molar-refractivity contribution in [1.82, 2.24) is 9.55 Å². The molecular formula is C12H13N5O2S. The maximum atomic E-state index is 12.2. The molecule has 1 aromatic carbocycles. The Morgan fingerprint density at radius 1 is 1.45 bits per heavy atom. The lowest BCUT2D eigenvalue weighted by molar-refractivity contribution is 0.598. The molecule has 0 fully saturated rings. The molecule has 0 aliphatic carbocycles. The zero-order valence-electron chi connectivity index (χ0n) is 11.0. The number of nitrogens with zero attached hydrogens (tertiary/aromatic N) is 3. The number of hydrogen-bond donors (Lipinski definition) is 2. The first-order chi connectivity index (χ1) is 9.33. The molecule has 3 N–H and O–H groups in total. The Balaban J connectivity index is 2.36.